The van der Waals surface area contributed by atoms with Crippen molar-refractivity contribution in [1.29, 1.82) is 0 Å². The van der Waals surface area contributed by atoms with Crippen molar-refractivity contribution in [1.82, 2.24) is 0 Å². The van der Waals surface area contributed by atoms with Crippen molar-refractivity contribution in [3.63, 3.8) is 0 Å². The van der Waals surface area contributed by atoms with Gasteiger partial charge in [0.2, 0.25) is 0 Å². The minimum absolute atomic E-state index is 0.0590. The summed E-state index contributed by atoms with van der Waals surface area (Å²) in [6.45, 7) is 1.96. The number of rotatable bonds is 2. The Kier molecular flexibility index (Phi) is 3.96. The first-order chi connectivity index (χ1) is 10.1. The Balaban J connectivity index is 2.21. The van der Waals surface area contributed by atoms with Crippen molar-refractivity contribution in [3.05, 3.63) is 80.2 Å². The fraction of sp³-hybridized carbons (Fsp3) is 0.0556. The SMILES string of the molecule is Cc1cc(Br)ccc1C(=O)c1ccc(Br)c2ccccc12. The third kappa shape index (κ3) is 2.68. The van der Waals surface area contributed by atoms with Gasteiger partial charge in [-0.25, -0.2) is 0 Å². The van der Waals surface area contributed by atoms with Gasteiger partial charge in [-0.1, -0.05) is 56.1 Å². The number of carbonyl (C=O) groups is 1. The van der Waals surface area contributed by atoms with Crippen molar-refractivity contribution in [3.8, 4) is 0 Å². The number of ketones is 1. The molecule has 0 aliphatic rings. The zero-order valence-electron chi connectivity index (χ0n) is 11.4. The lowest BCUT2D eigenvalue weighted by atomic mass is 9.95. The fourth-order valence-corrected chi connectivity index (χ4v) is 3.44. The number of halogens is 2. The molecular weight excluding hydrogens is 392 g/mol. The summed E-state index contributed by atoms with van der Waals surface area (Å²) >= 11 is 6.98. The zero-order chi connectivity index (χ0) is 15.0. The van der Waals surface area contributed by atoms with Crippen molar-refractivity contribution in [2.24, 2.45) is 0 Å². The standard InChI is InChI=1S/C18H12Br2O/c1-11-10-12(19)6-7-13(11)18(21)16-8-9-17(20)15-5-3-2-4-14(15)16/h2-10H,1H3. The quantitative estimate of drug-likeness (QED) is 0.486. The Morgan fingerprint density at radius 2 is 1.52 bits per heavy atom. The molecule has 3 aromatic rings. The molecule has 3 aromatic carbocycles. The Bertz CT molecular complexity index is 853. The van der Waals surface area contributed by atoms with E-state index in [1.807, 2.05) is 61.5 Å². The molecule has 3 rings (SSSR count). The molecule has 0 atom stereocenters. The molecule has 104 valence electrons. The van der Waals surface area contributed by atoms with E-state index in [1.165, 1.54) is 0 Å². The van der Waals surface area contributed by atoms with Crippen LogP contribution in [-0.4, -0.2) is 5.78 Å². The summed E-state index contributed by atoms with van der Waals surface area (Å²) in [5, 5.41) is 2.03. The normalized spacial score (nSPS) is 10.8. The number of benzene rings is 3. The average Bonchev–Trinajstić information content (AvgIpc) is 2.47. The Labute approximate surface area is 140 Å². The van der Waals surface area contributed by atoms with Crippen LogP contribution in [-0.2, 0) is 0 Å². The lowest BCUT2D eigenvalue weighted by Crippen LogP contribution is -2.04. The van der Waals surface area contributed by atoms with Gasteiger partial charge in [-0.15, -0.1) is 0 Å². The summed E-state index contributed by atoms with van der Waals surface area (Å²) in [5.74, 6) is 0.0590. The van der Waals surface area contributed by atoms with E-state index < -0.39 is 0 Å². The molecule has 0 radical (unpaired) electrons. The maximum absolute atomic E-state index is 12.9. The van der Waals surface area contributed by atoms with Gasteiger partial charge >= 0.3 is 0 Å². The van der Waals surface area contributed by atoms with Gasteiger partial charge in [0.15, 0.2) is 5.78 Å². The number of hydrogen-bond donors (Lipinski definition) is 0. The fourth-order valence-electron chi connectivity index (χ4n) is 2.49. The second-order valence-corrected chi connectivity index (χ2v) is 6.70. The smallest absolute Gasteiger partial charge is 0.193 e. The van der Waals surface area contributed by atoms with Crippen LogP contribution in [0.2, 0.25) is 0 Å². The van der Waals surface area contributed by atoms with Gasteiger partial charge in [0.1, 0.15) is 0 Å². The van der Waals surface area contributed by atoms with Gasteiger partial charge in [-0.2, -0.15) is 0 Å². The lowest BCUT2D eigenvalue weighted by molar-refractivity contribution is 0.103. The Morgan fingerprint density at radius 3 is 2.24 bits per heavy atom. The highest BCUT2D eigenvalue weighted by molar-refractivity contribution is 9.11. The molecule has 0 heterocycles. The highest BCUT2D eigenvalue weighted by Gasteiger charge is 2.15. The first-order valence-electron chi connectivity index (χ1n) is 6.56. The molecule has 0 saturated carbocycles. The third-order valence-corrected chi connectivity index (χ3v) is 4.73. The van der Waals surface area contributed by atoms with E-state index in [0.29, 0.717) is 0 Å². The number of aryl methyl sites for hydroxylation is 1. The topological polar surface area (TPSA) is 17.1 Å². The van der Waals surface area contributed by atoms with E-state index in [2.05, 4.69) is 31.9 Å². The molecule has 0 amide bonds. The van der Waals surface area contributed by atoms with Crippen molar-refractivity contribution >= 4 is 48.4 Å². The molecule has 21 heavy (non-hydrogen) atoms. The predicted octanol–water partition coefficient (Wildman–Crippen LogP) is 5.90. The van der Waals surface area contributed by atoms with Crippen LogP contribution in [0.5, 0.6) is 0 Å². The van der Waals surface area contributed by atoms with E-state index in [4.69, 9.17) is 0 Å². The van der Waals surface area contributed by atoms with Crippen LogP contribution in [0.4, 0.5) is 0 Å². The predicted molar refractivity (Wildman–Crippen MR) is 94.0 cm³/mol. The largest absolute Gasteiger partial charge is 0.289 e. The van der Waals surface area contributed by atoms with Gasteiger partial charge in [-0.05, 0) is 53.6 Å². The van der Waals surface area contributed by atoms with Crippen LogP contribution in [0.15, 0.2) is 63.5 Å². The summed E-state index contributed by atoms with van der Waals surface area (Å²) in [5.41, 5.74) is 2.45. The summed E-state index contributed by atoms with van der Waals surface area (Å²) in [6, 6.07) is 17.5. The van der Waals surface area contributed by atoms with E-state index in [-0.39, 0.29) is 5.78 Å². The monoisotopic (exact) mass is 402 g/mol. The minimum Gasteiger partial charge on any atom is -0.289 e. The van der Waals surface area contributed by atoms with Gasteiger partial charge in [0.05, 0.1) is 0 Å². The summed E-state index contributed by atoms with van der Waals surface area (Å²) in [6.07, 6.45) is 0. The van der Waals surface area contributed by atoms with Crippen molar-refractivity contribution in [2.45, 2.75) is 6.92 Å². The van der Waals surface area contributed by atoms with E-state index >= 15 is 0 Å². The number of carbonyl (C=O) groups excluding carboxylic acids is 1. The molecule has 0 spiro atoms. The second kappa shape index (κ2) is 5.74. The Hall–Kier alpha value is -1.45. The second-order valence-electron chi connectivity index (χ2n) is 4.93. The molecule has 0 bridgehead atoms. The molecule has 0 N–H and O–H groups in total. The molecule has 0 aromatic heterocycles. The highest BCUT2D eigenvalue weighted by Crippen LogP contribution is 2.29. The van der Waals surface area contributed by atoms with Crippen LogP contribution in [0.3, 0.4) is 0 Å². The van der Waals surface area contributed by atoms with Crippen LogP contribution in [0.1, 0.15) is 21.5 Å². The molecule has 3 heteroatoms. The molecule has 0 fully saturated rings. The highest BCUT2D eigenvalue weighted by atomic mass is 79.9. The maximum Gasteiger partial charge on any atom is 0.193 e. The molecule has 1 nitrogen and oxygen atoms in total. The van der Waals surface area contributed by atoms with Crippen LogP contribution in [0, 0.1) is 6.92 Å². The first kappa shape index (κ1) is 14.5. The summed E-state index contributed by atoms with van der Waals surface area (Å²) < 4.78 is 1.99. The van der Waals surface area contributed by atoms with E-state index in [1.54, 1.807) is 0 Å². The van der Waals surface area contributed by atoms with Crippen LogP contribution in [0.25, 0.3) is 10.8 Å². The minimum atomic E-state index is 0.0590. The van der Waals surface area contributed by atoms with Crippen LogP contribution >= 0.6 is 31.9 Å². The molecule has 0 unspecified atom stereocenters. The molecule has 0 aliphatic carbocycles. The Morgan fingerprint density at radius 1 is 0.857 bits per heavy atom. The molecular formula is C18H12Br2O. The van der Waals surface area contributed by atoms with Gasteiger partial charge < -0.3 is 0 Å². The van der Waals surface area contributed by atoms with Crippen LogP contribution < -0.4 is 0 Å². The summed E-state index contributed by atoms with van der Waals surface area (Å²) in [7, 11) is 0. The lowest BCUT2D eigenvalue weighted by Gasteiger charge is -2.09. The number of hydrogen-bond acceptors (Lipinski definition) is 1. The maximum atomic E-state index is 12.9. The van der Waals surface area contributed by atoms with Crippen molar-refractivity contribution < 1.29 is 4.79 Å². The first-order valence-corrected chi connectivity index (χ1v) is 8.14. The molecule has 0 saturated heterocycles. The third-order valence-electron chi connectivity index (χ3n) is 3.55. The van der Waals surface area contributed by atoms with Gasteiger partial charge in [0.25, 0.3) is 0 Å². The average molecular weight is 404 g/mol. The number of fused-ring (bicyclic) bond motifs is 1. The van der Waals surface area contributed by atoms with Gasteiger partial charge in [0, 0.05) is 20.1 Å². The van der Waals surface area contributed by atoms with E-state index in [9.17, 15) is 4.79 Å². The van der Waals surface area contributed by atoms with E-state index in [0.717, 1.165) is 36.4 Å². The zero-order valence-corrected chi connectivity index (χ0v) is 14.5. The van der Waals surface area contributed by atoms with Crippen molar-refractivity contribution in [2.75, 3.05) is 0 Å². The summed E-state index contributed by atoms with van der Waals surface area (Å²) in [4.78, 5) is 12.9. The van der Waals surface area contributed by atoms with Gasteiger partial charge in [-0.3, -0.25) is 4.79 Å². The molecule has 0 aliphatic heterocycles.